The maximum Gasteiger partial charge on any atom is 0.372 e. The fourth-order valence-electron chi connectivity index (χ4n) is 1.83. The number of nitrogens with zero attached hydrogens (tertiary/aromatic N) is 2. The molecule has 0 aliphatic rings. The number of carboxylic acids is 1. The van der Waals surface area contributed by atoms with Gasteiger partial charge in [-0.3, -0.25) is 0 Å². The first-order valence-corrected chi connectivity index (χ1v) is 6.69. The number of hydrogen-bond acceptors (Lipinski definition) is 6. The summed E-state index contributed by atoms with van der Waals surface area (Å²) in [6.07, 6.45) is 0. The fraction of sp³-hybridized carbons (Fsp3) is 0.188. The molecule has 1 aromatic heterocycles. The number of hydrogen-bond donors (Lipinski definition) is 1. The molecule has 120 valence electrons. The minimum absolute atomic E-state index is 0.172. The number of benzene rings is 1. The van der Waals surface area contributed by atoms with Gasteiger partial charge < -0.3 is 19.3 Å². The molecule has 7 heteroatoms. The molecule has 2 aromatic rings. The Morgan fingerprint density at radius 1 is 1.04 bits per heavy atom. The van der Waals surface area contributed by atoms with Crippen LogP contribution >= 0.6 is 0 Å². The van der Waals surface area contributed by atoms with Crippen LogP contribution in [0.15, 0.2) is 42.2 Å². The Bertz CT molecular complexity index is 706. The first kappa shape index (κ1) is 16.3. The third-order valence-corrected chi connectivity index (χ3v) is 3.01. The van der Waals surface area contributed by atoms with Gasteiger partial charge in [-0.1, -0.05) is 30.3 Å². The van der Waals surface area contributed by atoms with E-state index in [0.717, 1.165) is 5.56 Å². The zero-order valence-electron chi connectivity index (χ0n) is 12.9. The lowest BCUT2D eigenvalue weighted by Crippen LogP contribution is -2.12. The van der Waals surface area contributed by atoms with E-state index >= 15 is 0 Å². The van der Waals surface area contributed by atoms with Crippen molar-refractivity contribution in [3.8, 4) is 17.8 Å². The van der Waals surface area contributed by atoms with E-state index in [0.29, 0.717) is 5.57 Å². The van der Waals surface area contributed by atoms with Crippen molar-refractivity contribution in [1.29, 1.82) is 0 Å². The lowest BCUT2D eigenvalue weighted by atomic mass is 10.1. The highest BCUT2D eigenvalue weighted by Gasteiger charge is 2.18. The van der Waals surface area contributed by atoms with Gasteiger partial charge in [-0.15, -0.1) is 0 Å². The Morgan fingerprint density at radius 2 is 1.61 bits per heavy atom. The lowest BCUT2D eigenvalue weighted by molar-refractivity contribution is -0.135. The zero-order chi connectivity index (χ0) is 16.8. The first-order valence-electron chi connectivity index (χ1n) is 6.69. The second-order valence-corrected chi connectivity index (χ2v) is 4.46. The van der Waals surface area contributed by atoms with Crippen LogP contribution in [0.3, 0.4) is 0 Å². The number of carboxylic acid groups (broad SMARTS) is 1. The van der Waals surface area contributed by atoms with E-state index in [1.54, 1.807) is 19.1 Å². The molecule has 0 spiro atoms. The van der Waals surface area contributed by atoms with Gasteiger partial charge in [0.25, 0.3) is 0 Å². The fourth-order valence-corrected chi connectivity index (χ4v) is 1.83. The minimum Gasteiger partial charge on any atom is -0.481 e. The van der Waals surface area contributed by atoms with Gasteiger partial charge >= 0.3 is 12.0 Å². The molecule has 0 amide bonds. The summed E-state index contributed by atoms with van der Waals surface area (Å²) in [5, 5.41) is 9.42. The molecular formula is C16H16N2O5. The molecule has 0 radical (unpaired) electrons. The number of rotatable bonds is 6. The SMILES string of the molecule is COc1cc(OC)nc(OC(C(=O)O)=C(C)c2ccccc2)n1. The van der Waals surface area contributed by atoms with Crippen LogP contribution in [0.5, 0.6) is 17.8 Å². The van der Waals surface area contributed by atoms with E-state index in [-0.39, 0.29) is 23.5 Å². The van der Waals surface area contributed by atoms with Gasteiger partial charge in [0.1, 0.15) is 0 Å². The average Bonchev–Trinajstić information content (AvgIpc) is 2.59. The van der Waals surface area contributed by atoms with E-state index < -0.39 is 5.97 Å². The Kier molecular flexibility index (Phi) is 5.14. The largest absolute Gasteiger partial charge is 0.481 e. The van der Waals surface area contributed by atoms with E-state index in [9.17, 15) is 9.90 Å². The van der Waals surface area contributed by atoms with Crippen molar-refractivity contribution >= 4 is 11.5 Å². The Labute approximate surface area is 133 Å². The Hall–Kier alpha value is -3.09. The molecule has 1 N–H and O–H groups in total. The van der Waals surface area contributed by atoms with Crippen LogP contribution in [0, 0.1) is 0 Å². The van der Waals surface area contributed by atoms with E-state index in [1.165, 1.54) is 20.3 Å². The molecule has 1 aromatic carbocycles. The molecule has 1 heterocycles. The summed E-state index contributed by atoms with van der Waals surface area (Å²) in [6, 6.07) is 10.3. The summed E-state index contributed by atoms with van der Waals surface area (Å²) in [4.78, 5) is 19.5. The minimum atomic E-state index is -1.23. The summed E-state index contributed by atoms with van der Waals surface area (Å²) in [5.74, 6) is -1.09. The smallest absolute Gasteiger partial charge is 0.372 e. The summed E-state index contributed by atoms with van der Waals surface area (Å²) in [6.45, 7) is 1.65. The van der Waals surface area contributed by atoms with Crippen LogP contribution in [0.4, 0.5) is 0 Å². The van der Waals surface area contributed by atoms with Crippen LogP contribution in [0.2, 0.25) is 0 Å². The second-order valence-electron chi connectivity index (χ2n) is 4.46. The molecule has 0 fully saturated rings. The molecule has 2 rings (SSSR count). The van der Waals surface area contributed by atoms with Crippen LogP contribution < -0.4 is 14.2 Å². The van der Waals surface area contributed by atoms with Crippen molar-refractivity contribution < 1.29 is 24.1 Å². The van der Waals surface area contributed by atoms with Gasteiger partial charge in [0.2, 0.25) is 17.5 Å². The molecule has 0 atom stereocenters. The third-order valence-electron chi connectivity index (χ3n) is 3.01. The highest BCUT2D eigenvalue weighted by atomic mass is 16.5. The monoisotopic (exact) mass is 316 g/mol. The topological polar surface area (TPSA) is 90.8 Å². The van der Waals surface area contributed by atoms with Gasteiger partial charge in [0.15, 0.2) is 0 Å². The van der Waals surface area contributed by atoms with Crippen LogP contribution in [0.1, 0.15) is 12.5 Å². The summed E-state index contributed by atoms with van der Waals surface area (Å²) >= 11 is 0. The van der Waals surface area contributed by atoms with Crippen molar-refractivity contribution in [3.63, 3.8) is 0 Å². The van der Waals surface area contributed by atoms with Crippen molar-refractivity contribution in [3.05, 3.63) is 47.7 Å². The molecule has 0 aliphatic carbocycles. The molecule has 0 bridgehead atoms. The average molecular weight is 316 g/mol. The van der Waals surface area contributed by atoms with Crippen molar-refractivity contribution in [2.75, 3.05) is 14.2 Å². The number of carbonyl (C=O) groups is 1. The first-order chi connectivity index (χ1) is 11.0. The summed E-state index contributed by atoms with van der Waals surface area (Å²) < 4.78 is 15.4. The number of allylic oxidation sites excluding steroid dienone is 1. The van der Waals surface area contributed by atoms with Crippen molar-refractivity contribution in [2.24, 2.45) is 0 Å². The number of ether oxygens (including phenoxy) is 3. The number of aliphatic carboxylic acids is 1. The third kappa shape index (κ3) is 3.97. The van der Waals surface area contributed by atoms with Gasteiger partial charge in [0.05, 0.1) is 20.3 Å². The molecule has 0 saturated heterocycles. The van der Waals surface area contributed by atoms with E-state index in [4.69, 9.17) is 14.2 Å². The highest BCUT2D eigenvalue weighted by Crippen LogP contribution is 2.24. The summed E-state index contributed by atoms with van der Waals surface area (Å²) in [5.41, 5.74) is 1.17. The molecule has 0 unspecified atom stereocenters. The van der Waals surface area contributed by atoms with Crippen LogP contribution in [-0.4, -0.2) is 35.3 Å². The van der Waals surface area contributed by atoms with Gasteiger partial charge in [-0.25, -0.2) is 4.79 Å². The standard InChI is InChI=1S/C16H16N2O5/c1-10(11-7-5-4-6-8-11)14(15(19)20)23-16-17-12(21-2)9-13(18-16)22-3/h4-9H,1-3H3,(H,19,20). The maximum atomic E-state index is 11.5. The molecule has 7 nitrogen and oxygen atoms in total. The zero-order valence-corrected chi connectivity index (χ0v) is 12.9. The predicted molar refractivity (Wildman–Crippen MR) is 82.4 cm³/mol. The number of methoxy groups -OCH3 is 2. The number of aromatic nitrogens is 2. The molecular weight excluding hydrogens is 300 g/mol. The van der Waals surface area contributed by atoms with E-state index in [2.05, 4.69) is 9.97 Å². The second kappa shape index (κ2) is 7.26. The Balaban J connectivity index is 2.43. The van der Waals surface area contributed by atoms with Crippen LogP contribution in [0.25, 0.3) is 5.57 Å². The normalized spacial score (nSPS) is 11.4. The molecule has 23 heavy (non-hydrogen) atoms. The highest BCUT2D eigenvalue weighted by molar-refractivity contribution is 5.94. The van der Waals surface area contributed by atoms with E-state index in [1.807, 2.05) is 18.2 Å². The van der Waals surface area contributed by atoms with Crippen molar-refractivity contribution in [1.82, 2.24) is 9.97 Å². The van der Waals surface area contributed by atoms with Gasteiger partial charge in [0, 0.05) is 5.57 Å². The summed E-state index contributed by atoms with van der Waals surface area (Å²) in [7, 11) is 2.85. The Morgan fingerprint density at radius 3 is 2.09 bits per heavy atom. The van der Waals surface area contributed by atoms with Gasteiger partial charge in [-0.2, -0.15) is 9.97 Å². The lowest BCUT2D eigenvalue weighted by Gasteiger charge is -2.10. The van der Waals surface area contributed by atoms with Crippen molar-refractivity contribution in [2.45, 2.75) is 6.92 Å². The predicted octanol–water partition coefficient (Wildman–Crippen LogP) is 2.39. The molecule has 0 saturated carbocycles. The molecule has 0 aliphatic heterocycles. The maximum absolute atomic E-state index is 11.5. The van der Waals surface area contributed by atoms with Crippen LogP contribution in [-0.2, 0) is 4.79 Å². The quantitative estimate of drug-likeness (QED) is 0.646. The van der Waals surface area contributed by atoms with Gasteiger partial charge in [-0.05, 0) is 12.5 Å².